The van der Waals surface area contributed by atoms with Crippen molar-refractivity contribution < 1.29 is 23.9 Å². The van der Waals surface area contributed by atoms with Crippen molar-refractivity contribution in [2.24, 2.45) is 0 Å². The number of likely N-dealkylation sites (tertiary alicyclic amines) is 1. The molecule has 1 aromatic rings. The fraction of sp³-hybridized carbons (Fsp3) is 0.550. The van der Waals surface area contributed by atoms with E-state index in [0.29, 0.717) is 26.0 Å². The smallest absolute Gasteiger partial charge is 0.410 e. The predicted molar refractivity (Wildman–Crippen MR) is 101 cm³/mol. The second-order valence-electron chi connectivity index (χ2n) is 8.17. The van der Waals surface area contributed by atoms with Crippen molar-refractivity contribution in [3.63, 3.8) is 0 Å². The molecular weight excluding hydrogens is 362 g/mol. The van der Waals surface area contributed by atoms with Crippen LogP contribution >= 0.6 is 0 Å². The summed E-state index contributed by atoms with van der Waals surface area (Å²) >= 11 is 0. The van der Waals surface area contributed by atoms with Gasteiger partial charge in [0.25, 0.3) is 5.91 Å². The molecule has 2 saturated heterocycles. The van der Waals surface area contributed by atoms with Crippen LogP contribution in [0.3, 0.4) is 0 Å². The summed E-state index contributed by atoms with van der Waals surface area (Å²) < 4.78 is 11.4. The van der Waals surface area contributed by atoms with Gasteiger partial charge in [0.15, 0.2) is 0 Å². The quantitative estimate of drug-likeness (QED) is 0.770. The molecule has 8 heteroatoms. The monoisotopic (exact) mass is 389 g/mol. The Labute approximate surface area is 164 Å². The van der Waals surface area contributed by atoms with Gasteiger partial charge in [-0.15, -0.1) is 0 Å². The van der Waals surface area contributed by atoms with Crippen LogP contribution in [0.5, 0.6) is 0 Å². The predicted octanol–water partition coefficient (Wildman–Crippen LogP) is 2.18. The van der Waals surface area contributed by atoms with E-state index in [9.17, 15) is 14.4 Å². The number of piperidine rings is 1. The van der Waals surface area contributed by atoms with E-state index < -0.39 is 35.2 Å². The topological polar surface area (TPSA) is 97.0 Å². The minimum absolute atomic E-state index is 0.0990. The van der Waals surface area contributed by atoms with Gasteiger partial charge in [0.2, 0.25) is 0 Å². The maximum absolute atomic E-state index is 12.8. The minimum atomic E-state index is -1.21. The molecule has 2 aliphatic rings. The first kappa shape index (κ1) is 20.1. The van der Waals surface area contributed by atoms with Crippen LogP contribution in [0.25, 0.3) is 0 Å². The summed E-state index contributed by atoms with van der Waals surface area (Å²) in [6, 6.07) is 8.41. The van der Waals surface area contributed by atoms with Crippen LogP contribution in [0.1, 0.15) is 39.2 Å². The lowest BCUT2D eigenvalue weighted by molar-refractivity contribution is -0.130. The number of carbonyl (C=O) groups excluding carboxylic acids is 3. The van der Waals surface area contributed by atoms with Crippen LogP contribution in [0.15, 0.2) is 30.3 Å². The van der Waals surface area contributed by atoms with E-state index in [1.54, 1.807) is 20.8 Å². The van der Waals surface area contributed by atoms with Gasteiger partial charge in [-0.1, -0.05) is 30.3 Å². The Bertz CT molecular complexity index is 746. The van der Waals surface area contributed by atoms with Crippen molar-refractivity contribution >= 4 is 18.0 Å². The SMILES string of the molecule is CC(C)(C)OC(=O)N1CCCC2(NC(=O)NC2=O)[C@H]1COCc1ccccc1. The highest BCUT2D eigenvalue weighted by Gasteiger charge is 2.57. The zero-order valence-electron chi connectivity index (χ0n) is 16.5. The lowest BCUT2D eigenvalue weighted by Crippen LogP contribution is -2.68. The first-order chi connectivity index (χ1) is 13.2. The van der Waals surface area contributed by atoms with Crippen LogP contribution in [0.4, 0.5) is 9.59 Å². The number of benzene rings is 1. The van der Waals surface area contributed by atoms with Gasteiger partial charge in [-0.05, 0) is 39.2 Å². The van der Waals surface area contributed by atoms with Gasteiger partial charge in [-0.25, -0.2) is 9.59 Å². The first-order valence-corrected chi connectivity index (χ1v) is 9.46. The van der Waals surface area contributed by atoms with Crippen LogP contribution in [-0.2, 0) is 20.9 Å². The number of hydrogen-bond acceptors (Lipinski definition) is 5. The minimum Gasteiger partial charge on any atom is -0.444 e. The fourth-order valence-corrected chi connectivity index (χ4v) is 3.67. The summed E-state index contributed by atoms with van der Waals surface area (Å²) in [5.41, 5.74) is -0.891. The molecule has 2 heterocycles. The summed E-state index contributed by atoms with van der Waals surface area (Å²) in [5.74, 6) is -0.431. The van der Waals surface area contributed by atoms with Gasteiger partial charge in [-0.2, -0.15) is 0 Å². The van der Waals surface area contributed by atoms with Crippen molar-refractivity contribution in [1.29, 1.82) is 0 Å². The zero-order valence-corrected chi connectivity index (χ0v) is 16.5. The summed E-state index contributed by atoms with van der Waals surface area (Å²) in [4.78, 5) is 38.8. The average molecular weight is 389 g/mol. The van der Waals surface area contributed by atoms with Gasteiger partial charge in [0.1, 0.15) is 11.1 Å². The molecule has 152 valence electrons. The van der Waals surface area contributed by atoms with Gasteiger partial charge in [0, 0.05) is 6.54 Å². The van der Waals surface area contributed by atoms with E-state index in [1.807, 2.05) is 30.3 Å². The number of urea groups is 1. The third kappa shape index (κ3) is 4.27. The third-order valence-corrected chi connectivity index (χ3v) is 4.90. The second-order valence-corrected chi connectivity index (χ2v) is 8.17. The Kier molecular flexibility index (Phi) is 5.60. The number of ether oxygens (including phenoxy) is 2. The summed E-state index contributed by atoms with van der Waals surface area (Å²) in [6.07, 6.45) is 0.486. The Morgan fingerprint density at radius 3 is 2.57 bits per heavy atom. The molecule has 28 heavy (non-hydrogen) atoms. The fourth-order valence-electron chi connectivity index (χ4n) is 3.67. The van der Waals surface area contributed by atoms with E-state index >= 15 is 0 Å². The molecule has 1 unspecified atom stereocenters. The van der Waals surface area contributed by atoms with Gasteiger partial charge < -0.3 is 14.8 Å². The molecule has 4 amide bonds. The van der Waals surface area contributed by atoms with Crippen LogP contribution in [0.2, 0.25) is 0 Å². The number of nitrogens with zero attached hydrogens (tertiary/aromatic N) is 1. The normalized spacial score (nSPS) is 24.8. The number of imide groups is 1. The summed E-state index contributed by atoms with van der Waals surface area (Å²) in [5, 5.41) is 5.04. The zero-order chi connectivity index (χ0) is 20.4. The number of nitrogens with one attached hydrogen (secondary N) is 2. The van der Waals surface area contributed by atoms with Gasteiger partial charge >= 0.3 is 12.1 Å². The van der Waals surface area contributed by atoms with Gasteiger partial charge in [-0.3, -0.25) is 15.0 Å². The molecule has 1 spiro atoms. The summed E-state index contributed by atoms with van der Waals surface area (Å²) in [6.45, 7) is 6.23. The molecule has 0 bridgehead atoms. The van der Waals surface area contributed by atoms with E-state index in [-0.39, 0.29) is 6.61 Å². The van der Waals surface area contributed by atoms with E-state index in [2.05, 4.69) is 10.6 Å². The molecule has 3 rings (SSSR count). The lowest BCUT2D eigenvalue weighted by atomic mass is 9.81. The van der Waals surface area contributed by atoms with E-state index in [0.717, 1.165) is 5.56 Å². The maximum atomic E-state index is 12.8. The molecule has 8 nitrogen and oxygen atoms in total. The van der Waals surface area contributed by atoms with E-state index in [4.69, 9.17) is 9.47 Å². The van der Waals surface area contributed by atoms with Gasteiger partial charge in [0.05, 0.1) is 19.3 Å². The molecule has 0 aromatic heterocycles. The van der Waals surface area contributed by atoms with Crippen LogP contribution < -0.4 is 10.6 Å². The molecule has 2 fully saturated rings. The molecule has 2 aliphatic heterocycles. The van der Waals surface area contributed by atoms with Crippen molar-refractivity contribution in [1.82, 2.24) is 15.5 Å². The Morgan fingerprint density at radius 1 is 1.25 bits per heavy atom. The van der Waals surface area contributed by atoms with Crippen molar-refractivity contribution in [2.75, 3.05) is 13.2 Å². The highest BCUT2D eigenvalue weighted by Crippen LogP contribution is 2.32. The highest BCUT2D eigenvalue weighted by atomic mass is 16.6. The molecular formula is C20H27N3O5. The van der Waals surface area contributed by atoms with Crippen LogP contribution in [0, 0.1) is 0 Å². The van der Waals surface area contributed by atoms with Crippen LogP contribution in [-0.4, -0.2) is 53.3 Å². The largest absolute Gasteiger partial charge is 0.444 e. The molecule has 0 radical (unpaired) electrons. The maximum Gasteiger partial charge on any atom is 0.410 e. The van der Waals surface area contributed by atoms with E-state index in [1.165, 1.54) is 4.90 Å². The Morgan fingerprint density at radius 2 is 1.96 bits per heavy atom. The molecule has 1 aromatic carbocycles. The molecule has 2 N–H and O–H groups in total. The molecule has 0 saturated carbocycles. The highest BCUT2D eigenvalue weighted by molar-refractivity contribution is 6.07. The van der Waals surface area contributed by atoms with Crippen molar-refractivity contribution in [2.45, 2.75) is 57.4 Å². The Balaban J connectivity index is 1.80. The number of carbonyl (C=O) groups is 3. The van der Waals surface area contributed by atoms with Crippen molar-refractivity contribution in [3.05, 3.63) is 35.9 Å². The Hall–Kier alpha value is -2.61. The molecule has 2 atom stereocenters. The molecule has 0 aliphatic carbocycles. The number of amides is 4. The average Bonchev–Trinajstić information content (AvgIpc) is 2.89. The lowest BCUT2D eigenvalue weighted by Gasteiger charge is -2.45. The summed E-state index contributed by atoms with van der Waals surface area (Å²) in [7, 11) is 0. The first-order valence-electron chi connectivity index (χ1n) is 9.46. The second kappa shape index (κ2) is 7.79. The van der Waals surface area contributed by atoms with Crippen molar-refractivity contribution in [3.8, 4) is 0 Å². The number of hydrogen-bond donors (Lipinski definition) is 2. The standard InChI is InChI=1S/C20H27N3O5/c1-19(2,3)28-18(26)23-11-7-10-20(16(24)21-17(25)22-20)15(23)13-27-12-14-8-5-4-6-9-14/h4-6,8-9,15H,7,10-13H2,1-3H3,(H2,21,22,24,25)/t15-,20?/m1/s1. The number of rotatable bonds is 4. The third-order valence-electron chi connectivity index (χ3n) is 4.90.